The molecule has 1 fully saturated rings. The largest absolute Gasteiger partial charge is 0.416 e. The first-order valence-corrected chi connectivity index (χ1v) is 10.8. The second-order valence-corrected chi connectivity index (χ2v) is 8.23. The highest BCUT2D eigenvalue weighted by molar-refractivity contribution is 5.79. The molecular formula is C22H31F3N6. The summed E-state index contributed by atoms with van der Waals surface area (Å²) in [5.41, 5.74) is -0.169. The Labute approximate surface area is 181 Å². The van der Waals surface area contributed by atoms with Gasteiger partial charge in [-0.3, -0.25) is 0 Å². The van der Waals surface area contributed by atoms with E-state index in [1.165, 1.54) is 12.1 Å². The summed E-state index contributed by atoms with van der Waals surface area (Å²) in [5, 5.41) is 14.9. The third kappa shape index (κ3) is 5.57. The molecule has 1 aliphatic rings. The zero-order valence-electron chi connectivity index (χ0n) is 18.4. The van der Waals surface area contributed by atoms with Gasteiger partial charge in [-0.25, -0.2) is 4.99 Å². The van der Waals surface area contributed by atoms with Crippen LogP contribution in [0.25, 0.3) is 0 Å². The second kappa shape index (κ2) is 9.70. The minimum atomic E-state index is -4.34. The Morgan fingerprint density at radius 1 is 1.23 bits per heavy atom. The molecule has 1 saturated carbocycles. The van der Waals surface area contributed by atoms with Gasteiger partial charge >= 0.3 is 6.18 Å². The van der Waals surface area contributed by atoms with Crippen LogP contribution in [0, 0.1) is 6.92 Å². The quantitative estimate of drug-likeness (QED) is 0.371. The maximum atomic E-state index is 13.2. The lowest BCUT2D eigenvalue weighted by Crippen LogP contribution is -2.49. The predicted octanol–water partition coefficient (Wildman–Crippen LogP) is 4.10. The molecule has 1 aliphatic carbocycles. The van der Waals surface area contributed by atoms with Crippen LogP contribution >= 0.6 is 0 Å². The zero-order valence-corrected chi connectivity index (χ0v) is 18.4. The summed E-state index contributed by atoms with van der Waals surface area (Å²) >= 11 is 0. The summed E-state index contributed by atoms with van der Waals surface area (Å²) in [6.07, 6.45) is 0.431. The molecule has 0 aliphatic heterocycles. The van der Waals surface area contributed by atoms with Crippen LogP contribution in [0.15, 0.2) is 29.3 Å². The highest BCUT2D eigenvalue weighted by atomic mass is 19.4. The second-order valence-electron chi connectivity index (χ2n) is 8.23. The molecule has 9 heteroatoms. The molecule has 1 aromatic carbocycles. The molecule has 0 bridgehead atoms. The molecule has 2 N–H and O–H groups in total. The fourth-order valence-corrected chi connectivity index (χ4v) is 3.75. The van der Waals surface area contributed by atoms with Crippen LogP contribution < -0.4 is 10.6 Å². The smallest absolute Gasteiger partial charge is 0.356 e. The Kier molecular flexibility index (Phi) is 7.23. The number of aromatic nitrogens is 3. The molecule has 0 saturated heterocycles. The molecule has 0 amide bonds. The summed E-state index contributed by atoms with van der Waals surface area (Å²) in [6.45, 7) is 5.68. The zero-order chi connectivity index (χ0) is 22.5. The number of hydrogen-bond acceptors (Lipinski definition) is 3. The molecule has 6 nitrogen and oxygen atoms in total. The van der Waals surface area contributed by atoms with Crippen molar-refractivity contribution in [2.75, 3.05) is 13.1 Å². The minimum absolute atomic E-state index is 0.310. The average molecular weight is 437 g/mol. The summed E-state index contributed by atoms with van der Waals surface area (Å²) in [7, 11) is 1.90. The van der Waals surface area contributed by atoms with Crippen molar-refractivity contribution in [3.05, 3.63) is 47.0 Å². The monoisotopic (exact) mass is 436 g/mol. The predicted molar refractivity (Wildman–Crippen MR) is 115 cm³/mol. The van der Waals surface area contributed by atoms with Crippen molar-refractivity contribution in [1.29, 1.82) is 0 Å². The van der Waals surface area contributed by atoms with Crippen molar-refractivity contribution >= 4 is 5.96 Å². The molecule has 1 heterocycles. The molecule has 1 aromatic heterocycles. The molecular weight excluding hydrogens is 405 g/mol. The lowest BCUT2D eigenvalue weighted by atomic mass is 9.64. The maximum Gasteiger partial charge on any atom is 0.416 e. The van der Waals surface area contributed by atoms with E-state index in [9.17, 15) is 13.2 Å². The Balaban J connectivity index is 1.74. The van der Waals surface area contributed by atoms with E-state index >= 15 is 0 Å². The molecule has 3 rings (SSSR count). The molecule has 0 unspecified atom stereocenters. The van der Waals surface area contributed by atoms with Crippen LogP contribution in [0.2, 0.25) is 0 Å². The fourth-order valence-electron chi connectivity index (χ4n) is 3.75. The molecule has 31 heavy (non-hydrogen) atoms. The first-order chi connectivity index (χ1) is 14.7. The number of unbranched alkanes of at least 4 members (excludes halogenated alkanes) is 1. The number of aryl methyl sites for hydroxylation is 1. The van der Waals surface area contributed by atoms with Crippen LogP contribution in [-0.4, -0.2) is 33.8 Å². The van der Waals surface area contributed by atoms with Crippen molar-refractivity contribution in [1.82, 2.24) is 25.4 Å². The van der Waals surface area contributed by atoms with Crippen molar-refractivity contribution in [2.24, 2.45) is 12.0 Å². The van der Waals surface area contributed by atoms with E-state index in [1.807, 2.05) is 18.5 Å². The van der Waals surface area contributed by atoms with Gasteiger partial charge in [-0.2, -0.15) is 13.2 Å². The normalized spacial score (nSPS) is 16.1. The summed E-state index contributed by atoms with van der Waals surface area (Å²) < 4.78 is 41.5. The van der Waals surface area contributed by atoms with Crippen LogP contribution in [0.3, 0.4) is 0 Å². The van der Waals surface area contributed by atoms with Crippen LogP contribution in [0.4, 0.5) is 13.2 Å². The number of rotatable bonds is 8. The van der Waals surface area contributed by atoms with Gasteiger partial charge in [-0.15, -0.1) is 10.2 Å². The van der Waals surface area contributed by atoms with E-state index in [0.717, 1.165) is 61.9 Å². The van der Waals surface area contributed by atoms with Gasteiger partial charge in [0, 0.05) is 25.6 Å². The van der Waals surface area contributed by atoms with Gasteiger partial charge in [0.05, 0.1) is 5.56 Å². The van der Waals surface area contributed by atoms with Gasteiger partial charge in [0.25, 0.3) is 0 Å². The van der Waals surface area contributed by atoms with Crippen LogP contribution in [0.1, 0.15) is 61.8 Å². The summed E-state index contributed by atoms with van der Waals surface area (Å²) in [4.78, 5) is 4.64. The van der Waals surface area contributed by atoms with Crippen LogP contribution in [0.5, 0.6) is 0 Å². The number of hydrogen-bond donors (Lipinski definition) is 2. The lowest BCUT2D eigenvalue weighted by molar-refractivity contribution is -0.137. The number of halogens is 3. The van der Waals surface area contributed by atoms with Gasteiger partial charge in [-0.05, 0) is 37.8 Å². The Bertz CT molecular complexity index is 899. The van der Waals surface area contributed by atoms with E-state index in [1.54, 1.807) is 6.07 Å². The standard InChI is InChI=1S/C22H31F3N6/c1-4-5-12-26-20(27-14-19-30-29-16(2)31(19)3)28-15-21(10-7-11-21)17-8-6-9-18(13-17)22(23,24)25/h6,8-9,13H,4-5,7,10-12,14-15H2,1-3H3,(H2,26,27,28). The molecule has 0 atom stereocenters. The lowest BCUT2D eigenvalue weighted by Gasteiger charge is -2.43. The van der Waals surface area contributed by atoms with Crippen molar-refractivity contribution in [2.45, 2.75) is 64.1 Å². The van der Waals surface area contributed by atoms with Crippen molar-refractivity contribution in [3.63, 3.8) is 0 Å². The number of nitrogens with zero attached hydrogens (tertiary/aromatic N) is 4. The Morgan fingerprint density at radius 2 is 2.00 bits per heavy atom. The highest BCUT2D eigenvalue weighted by Gasteiger charge is 2.40. The number of aliphatic imine (C=N–C) groups is 1. The maximum absolute atomic E-state index is 13.2. The summed E-state index contributed by atoms with van der Waals surface area (Å²) in [6, 6.07) is 5.73. The fraction of sp³-hybridized carbons (Fsp3) is 0.591. The number of guanidine groups is 1. The first kappa shape index (κ1) is 23.1. The number of nitrogens with one attached hydrogen (secondary N) is 2. The van der Waals surface area contributed by atoms with E-state index in [0.29, 0.717) is 19.0 Å². The molecule has 2 aromatic rings. The minimum Gasteiger partial charge on any atom is -0.356 e. The van der Waals surface area contributed by atoms with E-state index in [2.05, 4.69) is 32.7 Å². The Morgan fingerprint density at radius 3 is 2.58 bits per heavy atom. The van der Waals surface area contributed by atoms with Crippen molar-refractivity contribution < 1.29 is 13.2 Å². The molecule has 0 spiro atoms. The van der Waals surface area contributed by atoms with Gasteiger partial charge in [0.1, 0.15) is 12.4 Å². The van der Waals surface area contributed by atoms with E-state index in [-0.39, 0.29) is 5.41 Å². The van der Waals surface area contributed by atoms with Gasteiger partial charge in [0.2, 0.25) is 0 Å². The number of alkyl halides is 3. The van der Waals surface area contributed by atoms with Gasteiger partial charge in [-0.1, -0.05) is 38.0 Å². The first-order valence-electron chi connectivity index (χ1n) is 10.8. The third-order valence-electron chi connectivity index (χ3n) is 6.09. The van der Waals surface area contributed by atoms with E-state index in [4.69, 9.17) is 0 Å². The highest BCUT2D eigenvalue weighted by Crippen LogP contribution is 2.44. The third-order valence-corrected chi connectivity index (χ3v) is 6.09. The number of benzene rings is 1. The SMILES string of the molecule is CCCCNC(=NCc1nnc(C)n1C)NCC1(c2cccc(C(F)(F)F)c2)CCC1. The van der Waals surface area contributed by atoms with Crippen molar-refractivity contribution in [3.8, 4) is 0 Å². The van der Waals surface area contributed by atoms with Crippen LogP contribution in [-0.2, 0) is 25.2 Å². The topological polar surface area (TPSA) is 67.1 Å². The van der Waals surface area contributed by atoms with Gasteiger partial charge < -0.3 is 15.2 Å². The van der Waals surface area contributed by atoms with E-state index < -0.39 is 11.7 Å². The van der Waals surface area contributed by atoms with Gasteiger partial charge in [0.15, 0.2) is 11.8 Å². The molecule has 170 valence electrons. The average Bonchev–Trinajstić information content (AvgIpc) is 3.02. The molecule has 0 radical (unpaired) electrons. The summed E-state index contributed by atoms with van der Waals surface area (Å²) in [5.74, 6) is 2.22. The Hall–Kier alpha value is -2.58.